The number of benzene rings is 1. The van der Waals surface area contributed by atoms with Gasteiger partial charge >= 0.3 is 0 Å². The molecule has 1 saturated heterocycles. The predicted octanol–water partition coefficient (Wildman–Crippen LogP) is 4.89. The van der Waals surface area contributed by atoms with Gasteiger partial charge in [-0.2, -0.15) is 15.3 Å². The van der Waals surface area contributed by atoms with E-state index in [9.17, 15) is 4.79 Å². The van der Waals surface area contributed by atoms with Crippen molar-refractivity contribution in [1.82, 2.24) is 30.3 Å². The van der Waals surface area contributed by atoms with E-state index in [1.807, 2.05) is 29.4 Å². The van der Waals surface area contributed by atoms with Gasteiger partial charge in [-0.05, 0) is 55.7 Å². The second-order valence-electron chi connectivity index (χ2n) is 10.1. The summed E-state index contributed by atoms with van der Waals surface area (Å²) < 4.78 is 0. The van der Waals surface area contributed by atoms with Gasteiger partial charge in [0.2, 0.25) is 11.6 Å². The predicted molar refractivity (Wildman–Crippen MR) is 143 cm³/mol. The Morgan fingerprint density at radius 3 is 2.55 bits per heavy atom. The Morgan fingerprint density at radius 2 is 1.84 bits per heavy atom. The zero-order valence-electron chi connectivity index (χ0n) is 21.6. The van der Waals surface area contributed by atoms with Crippen molar-refractivity contribution in [3.63, 3.8) is 0 Å². The minimum Gasteiger partial charge on any atom is -0.343 e. The van der Waals surface area contributed by atoms with Crippen molar-refractivity contribution in [2.24, 2.45) is 16.1 Å². The fraction of sp³-hybridized carbons (Fsp3) is 0.393. The first kappa shape index (κ1) is 24.1. The van der Waals surface area contributed by atoms with Gasteiger partial charge in [0.1, 0.15) is 5.69 Å². The van der Waals surface area contributed by atoms with Crippen LogP contribution in [0.5, 0.6) is 0 Å². The monoisotopic (exact) mass is 511 g/mol. The van der Waals surface area contributed by atoms with Gasteiger partial charge in [0.05, 0.1) is 12.4 Å². The molecule has 1 unspecified atom stereocenters. The molecule has 3 aromatic rings. The van der Waals surface area contributed by atoms with Gasteiger partial charge in [0.15, 0.2) is 5.82 Å². The second kappa shape index (κ2) is 10.3. The third-order valence-electron chi connectivity index (χ3n) is 7.89. The van der Waals surface area contributed by atoms with Crippen LogP contribution in [0.2, 0.25) is 0 Å². The van der Waals surface area contributed by atoms with E-state index in [4.69, 9.17) is 5.11 Å². The molecular weight excluding hydrogens is 478 g/mol. The number of rotatable bonds is 8. The first-order valence-electron chi connectivity index (χ1n) is 13.4. The summed E-state index contributed by atoms with van der Waals surface area (Å²) in [6.07, 6.45) is 16.2. The standard InChI is InChI=1S/C28H33N9O/c1-2-28(23-17-29-30-18-23)34-33-26-10-8-24(36(37(26)28)25-19-31-32-20-25)9-11-27(38)35-14-12-22(13-15-35)16-21-6-4-3-5-7-21/h3-8,10,17-20,22H,2,9,11-16H2,1H3,(H,29,30)(H,31,32). The van der Waals surface area contributed by atoms with E-state index < -0.39 is 5.66 Å². The summed E-state index contributed by atoms with van der Waals surface area (Å²) in [7, 11) is 0. The molecule has 38 heavy (non-hydrogen) atoms. The van der Waals surface area contributed by atoms with Crippen LogP contribution >= 0.6 is 0 Å². The Balaban J connectivity index is 1.15. The van der Waals surface area contributed by atoms with Gasteiger partial charge in [-0.1, -0.05) is 37.3 Å². The van der Waals surface area contributed by atoms with E-state index in [1.165, 1.54) is 5.56 Å². The molecule has 0 saturated carbocycles. The highest BCUT2D eigenvalue weighted by Gasteiger charge is 2.49. The normalized spacial score (nSPS) is 21.4. The first-order valence-corrected chi connectivity index (χ1v) is 13.4. The quantitative estimate of drug-likeness (QED) is 0.448. The van der Waals surface area contributed by atoms with Gasteiger partial charge in [0.25, 0.3) is 0 Å². The lowest BCUT2D eigenvalue weighted by atomic mass is 9.90. The van der Waals surface area contributed by atoms with Crippen molar-refractivity contribution < 1.29 is 4.79 Å². The molecule has 5 heterocycles. The van der Waals surface area contributed by atoms with Crippen molar-refractivity contribution in [3.05, 3.63) is 89.9 Å². The Morgan fingerprint density at radius 1 is 1.05 bits per heavy atom. The maximum atomic E-state index is 13.3. The number of nitrogens with zero attached hydrogens (tertiary/aromatic N) is 7. The number of azo groups is 1. The Labute approximate surface area is 222 Å². The smallest absolute Gasteiger partial charge is 0.222 e. The third-order valence-corrected chi connectivity index (χ3v) is 7.89. The second-order valence-corrected chi connectivity index (χ2v) is 10.1. The molecule has 1 atom stereocenters. The van der Waals surface area contributed by atoms with E-state index >= 15 is 0 Å². The molecule has 0 radical (unpaired) electrons. The van der Waals surface area contributed by atoms with Gasteiger partial charge in [-0.25, -0.2) is 5.01 Å². The Kier molecular flexibility index (Phi) is 6.53. The zero-order valence-corrected chi connectivity index (χ0v) is 21.6. The molecule has 1 fully saturated rings. The number of aromatic amines is 2. The van der Waals surface area contributed by atoms with Gasteiger partial charge < -0.3 is 4.90 Å². The fourth-order valence-corrected chi connectivity index (χ4v) is 5.78. The van der Waals surface area contributed by atoms with E-state index in [-0.39, 0.29) is 5.91 Å². The summed E-state index contributed by atoms with van der Waals surface area (Å²) in [5.74, 6) is 1.58. The fourth-order valence-electron chi connectivity index (χ4n) is 5.78. The lowest BCUT2D eigenvalue weighted by Gasteiger charge is -2.45. The molecule has 3 aliphatic heterocycles. The van der Waals surface area contributed by atoms with Crippen molar-refractivity contribution >= 4 is 11.6 Å². The van der Waals surface area contributed by atoms with Gasteiger partial charge in [-0.3, -0.25) is 20.0 Å². The summed E-state index contributed by atoms with van der Waals surface area (Å²) in [6, 6.07) is 10.7. The Hall–Kier alpha value is -4.21. The lowest BCUT2D eigenvalue weighted by molar-refractivity contribution is -0.132. The van der Waals surface area contributed by atoms with Crippen molar-refractivity contribution in [3.8, 4) is 0 Å². The summed E-state index contributed by atoms with van der Waals surface area (Å²) in [5.41, 5.74) is 3.43. The number of likely N-dealkylation sites (tertiary alicyclic amines) is 1. The number of fused-ring (bicyclic) bond motifs is 1. The van der Waals surface area contributed by atoms with E-state index in [0.717, 1.165) is 55.1 Å². The van der Waals surface area contributed by atoms with E-state index in [2.05, 4.69) is 72.8 Å². The molecule has 2 N–H and O–H groups in total. The third kappa shape index (κ3) is 4.40. The molecule has 0 bridgehead atoms. The minimum absolute atomic E-state index is 0.207. The maximum Gasteiger partial charge on any atom is 0.222 e. The van der Waals surface area contributed by atoms with Crippen LogP contribution in [0.3, 0.4) is 0 Å². The molecule has 1 aromatic carbocycles. The van der Waals surface area contributed by atoms with Gasteiger partial charge in [-0.15, -0.1) is 5.11 Å². The lowest BCUT2D eigenvalue weighted by Crippen LogP contribution is -2.52. The highest BCUT2D eigenvalue weighted by atomic mass is 16.2. The zero-order chi connectivity index (χ0) is 26.0. The molecule has 1 amide bonds. The van der Waals surface area contributed by atoms with Crippen LogP contribution in [-0.4, -0.2) is 49.3 Å². The molecule has 6 rings (SSSR count). The number of hydrogen-bond acceptors (Lipinski definition) is 7. The largest absolute Gasteiger partial charge is 0.343 e. The van der Waals surface area contributed by atoms with Crippen LogP contribution < -0.4 is 5.01 Å². The number of allylic oxidation sites excluding steroid dienone is 3. The molecule has 0 spiro atoms. The number of anilines is 1. The molecule has 10 nitrogen and oxygen atoms in total. The molecule has 10 heteroatoms. The first-order chi connectivity index (χ1) is 18.7. The van der Waals surface area contributed by atoms with Crippen molar-refractivity contribution in [2.75, 3.05) is 18.1 Å². The maximum absolute atomic E-state index is 13.3. The van der Waals surface area contributed by atoms with E-state index in [1.54, 1.807) is 12.4 Å². The number of piperidine rings is 1. The van der Waals surface area contributed by atoms with Crippen LogP contribution in [0.1, 0.15) is 50.2 Å². The highest BCUT2D eigenvalue weighted by molar-refractivity contribution is 5.76. The Bertz CT molecular complexity index is 1320. The molecule has 2 aromatic heterocycles. The SMILES string of the molecule is CCC1(c2cn[nH]c2)N=NC2=CC=C(CCC(=O)N3CCC(Cc4ccccc4)CC3)N(c3cn[nH]c3)N21. The number of aromatic nitrogens is 4. The van der Waals surface area contributed by atoms with Crippen LogP contribution in [0.25, 0.3) is 0 Å². The number of amides is 1. The number of carbonyl (C=O) groups is 1. The molecule has 0 aliphatic carbocycles. The molecule has 196 valence electrons. The van der Waals surface area contributed by atoms with Crippen molar-refractivity contribution in [1.29, 1.82) is 0 Å². The number of hydrogen-bond donors (Lipinski definition) is 2. The van der Waals surface area contributed by atoms with Crippen LogP contribution in [-0.2, 0) is 16.9 Å². The molecule has 3 aliphatic rings. The number of H-pyrrole nitrogens is 2. The van der Waals surface area contributed by atoms with E-state index in [0.29, 0.717) is 25.2 Å². The summed E-state index contributed by atoms with van der Waals surface area (Å²) in [5, 5.41) is 27.6. The average Bonchev–Trinajstić information content (AvgIpc) is 3.74. The van der Waals surface area contributed by atoms with Crippen LogP contribution in [0.4, 0.5) is 5.69 Å². The summed E-state index contributed by atoms with van der Waals surface area (Å²) in [6.45, 7) is 3.74. The average molecular weight is 512 g/mol. The number of nitrogens with one attached hydrogen (secondary N) is 2. The van der Waals surface area contributed by atoms with Gasteiger partial charge in [0, 0.05) is 43.2 Å². The van der Waals surface area contributed by atoms with Crippen LogP contribution in [0.15, 0.2) is 89.0 Å². The molecular formula is C28H33N9O. The minimum atomic E-state index is -0.736. The highest BCUT2D eigenvalue weighted by Crippen LogP contribution is 2.47. The van der Waals surface area contributed by atoms with Crippen LogP contribution in [0, 0.1) is 5.92 Å². The topological polar surface area (TPSA) is 109 Å². The number of hydrazine groups is 1. The van der Waals surface area contributed by atoms with Crippen molar-refractivity contribution in [2.45, 2.75) is 51.1 Å². The summed E-state index contributed by atoms with van der Waals surface area (Å²) >= 11 is 0. The summed E-state index contributed by atoms with van der Waals surface area (Å²) in [4.78, 5) is 15.3. The number of carbonyl (C=O) groups excluding carboxylic acids is 1.